The first-order chi connectivity index (χ1) is 11.2. The highest BCUT2D eigenvalue weighted by atomic mass is 16.5. The Morgan fingerprint density at radius 2 is 1.78 bits per heavy atom. The zero-order valence-corrected chi connectivity index (χ0v) is 13.7. The second-order valence-electron chi connectivity index (χ2n) is 6.49. The summed E-state index contributed by atoms with van der Waals surface area (Å²) < 4.78 is 5.50. The molecule has 1 aliphatic heterocycles. The van der Waals surface area contributed by atoms with Crippen molar-refractivity contribution >= 4 is 0 Å². The molecule has 1 saturated heterocycles. The summed E-state index contributed by atoms with van der Waals surface area (Å²) in [6.45, 7) is 4.32. The van der Waals surface area contributed by atoms with Crippen molar-refractivity contribution in [2.45, 2.75) is 31.8 Å². The summed E-state index contributed by atoms with van der Waals surface area (Å²) >= 11 is 0. The average Bonchev–Trinajstić information content (AvgIpc) is 2.62. The number of ether oxygens (including phenoxy) is 1. The zero-order valence-electron chi connectivity index (χ0n) is 13.7. The molecule has 0 aliphatic carbocycles. The van der Waals surface area contributed by atoms with Crippen molar-refractivity contribution in [1.82, 2.24) is 0 Å². The second kappa shape index (κ2) is 6.83. The minimum atomic E-state index is 0.0455. The molecule has 0 atom stereocenters. The third kappa shape index (κ3) is 3.18. The smallest absolute Gasteiger partial charge is 0.0687 e. The summed E-state index contributed by atoms with van der Waals surface area (Å²) in [7, 11) is 0. The van der Waals surface area contributed by atoms with E-state index in [4.69, 9.17) is 10.5 Å². The molecule has 122 valence electrons. The number of aliphatic hydroxyl groups excluding tert-OH is 1. The molecule has 2 aromatic rings. The quantitative estimate of drug-likeness (QED) is 0.912. The fraction of sp³-hybridized carbons (Fsp3) is 0.400. The lowest BCUT2D eigenvalue weighted by Gasteiger charge is -2.36. The van der Waals surface area contributed by atoms with Crippen LogP contribution >= 0.6 is 0 Å². The molecule has 0 amide bonds. The van der Waals surface area contributed by atoms with Crippen LogP contribution in [-0.2, 0) is 16.8 Å². The highest BCUT2D eigenvalue weighted by Gasteiger charge is 2.32. The summed E-state index contributed by atoms with van der Waals surface area (Å²) in [6.07, 6.45) is 1.96. The van der Waals surface area contributed by atoms with Crippen LogP contribution in [-0.4, -0.2) is 24.9 Å². The van der Waals surface area contributed by atoms with Gasteiger partial charge in [0.2, 0.25) is 0 Å². The molecule has 0 aromatic heterocycles. The summed E-state index contributed by atoms with van der Waals surface area (Å²) in [5.74, 6) is 0. The number of hydrogen-bond acceptors (Lipinski definition) is 3. The van der Waals surface area contributed by atoms with Crippen LogP contribution in [0.3, 0.4) is 0 Å². The van der Waals surface area contributed by atoms with Gasteiger partial charge in [0.1, 0.15) is 0 Å². The van der Waals surface area contributed by atoms with E-state index >= 15 is 0 Å². The number of nitrogens with two attached hydrogens (primary N) is 1. The van der Waals surface area contributed by atoms with Crippen LogP contribution in [0.25, 0.3) is 11.1 Å². The Kier molecular flexibility index (Phi) is 4.81. The van der Waals surface area contributed by atoms with Crippen LogP contribution in [0.5, 0.6) is 0 Å². The maximum atomic E-state index is 9.61. The Bertz CT molecular complexity index is 658. The third-order valence-corrected chi connectivity index (χ3v) is 5.08. The molecule has 3 N–H and O–H groups in total. The Hall–Kier alpha value is -1.68. The van der Waals surface area contributed by atoms with Crippen molar-refractivity contribution in [1.29, 1.82) is 0 Å². The van der Waals surface area contributed by atoms with Crippen molar-refractivity contribution in [3.63, 3.8) is 0 Å². The maximum Gasteiger partial charge on any atom is 0.0687 e. The standard InChI is InChI=1S/C20H25NO2/c1-15-2-7-19(17(12-15)13-22)16-3-5-18(6-4-16)20(14-21)8-10-23-11-9-20/h2-7,12,22H,8-11,13-14,21H2,1H3. The SMILES string of the molecule is Cc1ccc(-c2ccc(C3(CN)CCOCC3)cc2)c(CO)c1. The van der Waals surface area contributed by atoms with E-state index in [1.165, 1.54) is 11.1 Å². The highest BCUT2D eigenvalue weighted by molar-refractivity contribution is 5.68. The van der Waals surface area contributed by atoms with Gasteiger partial charge >= 0.3 is 0 Å². The van der Waals surface area contributed by atoms with Gasteiger partial charge in [0.25, 0.3) is 0 Å². The molecular weight excluding hydrogens is 286 g/mol. The summed E-state index contributed by atoms with van der Waals surface area (Å²) in [5, 5.41) is 9.61. The van der Waals surface area contributed by atoms with Gasteiger partial charge in [-0.2, -0.15) is 0 Å². The Labute approximate surface area is 138 Å². The molecule has 3 heteroatoms. The zero-order chi connectivity index (χ0) is 16.3. The summed E-state index contributed by atoms with van der Waals surface area (Å²) in [5.41, 5.74) is 11.8. The molecule has 0 spiro atoms. The average molecular weight is 311 g/mol. The van der Waals surface area contributed by atoms with Gasteiger partial charge < -0.3 is 15.6 Å². The molecule has 0 unspecified atom stereocenters. The van der Waals surface area contributed by atoms with Crippen LogP contribution < -0.4 is 5.73 Å². The molecule has 1 heterocycles. The first-order valence-electron chi connectivity index (χ1n) is 8.28. The van der Waals surface area contributed by atoms with Crippen LogP contribution in [0.4, 0.5) is 0 Å². The second-order valence-corrected chi connectivity index (χ2v) is 6.49. The van der Waals surface area contributed by atoms with E-state index in [0.29, 0.717) is 6.54 Å². The van der Waals surface area contributed by atoms with E-state index in [1.807, 2.05) is 13.0 Å². The van der Waals surface area contributed by atoms with Crippen LogP contribution in [0.1, 0.15) is 29.5 Å². The molecule has 23 heavy (non-hydrogen) atoms. The molecule has 0 bridgehead atoms. The van der Waals surface area contributed by atoms with Gasteiger partial charge in [-0.3, -0.25) is 0 Å². The van der Waals surface area contributed by atoms with Crippen molar-refractivity contribution in [3.8, 4) is 11.1 Å². The van der Waals surface area contributed by atoms with Gasteiger partial charge in [-0.05, 0) is 42.0 Å². The third-order valence-electron chi connectivity index (χ3n) is 5.08. The molecule has 3 rings (SSSR count). The Balaban J connectivity index is 1.93. The Morgan fingerprint density at radius 1 is 1.09 bits per heavy atom. The summed E-state index contributed by atoms with van der Waals surface area (Å²) in [6, 6.07) is 14.9. The van der Waals surface area contributed by atoms with Gasteiger partial charge in [-0.1, -0.05) is 48.0 Å². The van der Waals surface area contributed by atoms with E-state index in [2.05, 4.69) is 36.4 Å². The maximum absolute atomic E-state index is 9.61. The van der Waals surface area contributed by atoms with E-state index in [-0.39, 0.29) is 12.0 Å². The molecule has 3 nitrogen and oxygen atoms in total. The van der Waals surface area contributed by atoms with E-state index in [0.717, 1.165) is 42.7 Å². The lowest BCUT2D eigenvalue weighted by molar-refractivity contribution is 0.0530. The normalized spacial score (nSPS) is 17.2. The number of rotatable bonds is 4. The number of aryl methyl sites for hydroxylation is 1. The minimum Gasteiger partial charge on any atom is -0.392 e. The van der Waals surface area contributed by atoms with Gasteiger partial charge in [-0.15, -0.1) is 0 Å². The fourth-order valence-corrected chi connectivity index (χ4v) is 3.51. The molecular formula is C20H25NO2. The van der Waals surface area contributed by atoms with Crippen LogP contribution in [0.2, 0.25) is 0 Å². The number of aliphatic hydroxyl groups is 1. The van der Waals surface area contributed by atoms with Crippen molar-refractivity contribution < 1.29 is 9.84 Å². The lowest BCUT2D eigenvalue weighted by Crippen LogP contribution is -2.40. The molecule has 0 saturated carbocycles. The molecule has 2 aromatic carbocycles. The fourth-order valence-electron chi connectivity index (χ4n) is 3.51. The summed E-state index contributed by atoms with van der Waals surface area (Å²) in [4.78, 5) is 0. The van der Waals surface area contributed by atoms with Crippen molar-refractivity contribution in [2.75, 3.05) is 19.8 Å². The molecule has 0 radical (unpaired) electrons. The van der Waals surface area contributed by atoms with Crippen molar-refractivity contribution in [2.24, 2.45) is 5.73 Å². The monoisotopic (exact) mass is 311 g/mol. The molecule has 1 fully saturated rings. The molecule has 1 aliphatic rings. The van der Waals surface area contributed by atoms with Gasteiger partial charge in [0.15, 0.2) is 0 Å². The van der Waals surface area contributed by atoms with Crippen LogP contribution in [0, 0.1) is 6.92 Å². The van der Waals surface area contributed by atoms with Gasteiger partial charge in [0, 0.05) is 25.2 Å². The highest BCUT2D eigenvalue weighted by Crippen LogP contribution is 2.35. The minimum absolute atomic E-state index is 0.0455. The number of hydrogen-bond donors (Lipinski definition) is 2. The van der Waals surface area contributed by atoms with Crippen molar-refractivity contribution in [3.05, 3.63) is 59.2 Å². The van der Waals surface area contributed by atoms with E-state index in [1.54, 1.807) is 0 Å². The first kappa shape index (κ1) is 16.2. The topological polar surface area (TPSA) is 55.5 Å². The van der Waals surface area contributed by atoms with Crippen LogP contribution in [0.15, 0.2) is 42.5 Å². The predicted octanol–water partition coefficient (Wildman–Crippen LogP) is 3.16. The van der Waals surface area contributed by atoms with Gasteiger partial charge in [-0.25, -0.2) is 0 Å². The predicted molar refractivity (Wildman–Crippen MR) is 93.3 cm³/mol. The van der Waals surface area contributed by atoms with E-state index in [9.17, 15) is 5.11 Å². The van der Waals surface area contributed by atoms with Gasteiger partial charge in [0.05, 0.1) is 6.61 Å². The Morgan fingerprint density at radius 3 is 2.39 bits per heavy atom. The first-order valence-corrected chi connectivity index (χ1v) is 8.28. The largest absolute Gasteiger partial charge is 0.392 e. The lowest BCUT2D eigenvalue weighted by atomic mass is 9.74. The number of benzene rings is 2. The van der Waals surface area contributed by atoms with E-state index < -0.39 is 0 Å².